The maximum atomic E-state index is 11.5. The maximum Gasteiger partial charge on any atom is 0.229 e. The van der Waals surface area contributed by atoms with Crippen molar-refractivity contribution in [3.63, 3.8) is 0 Å². The van der Waals surface area contributed by atoms with Crippen molar-refractivity contribution in [1.29, 1.82) is 0 Å². The van der Waals surface area contributed by atoms with E-state index in [1.807, 2.05) is 18.2 Å². The van der Waals surface area contributed by atoms with Crippen molar-refractivity contribution in [2.24, 2.45) is 10.4 Å². The molecule has 8 heteroatoms. The van der Waals surface area contributed by atoms with E-state index in [0.717, 1.165) is 24.3 Å². The first-order chi connectivity index (χ1) is 11.4. The Morgan fingerprint density at radius 3 is 2.44 bits per heavy atom. The molecular formula is C17H29IN4O2S. The van der Waals surface area contributed by atoms with Gasteiger partial charge in [0.25, 0.3) is 0 Å². The van der Waals surface area contributed by atoms with Crippen LogP contribution in [0.5, 0.6) is 0 Å². The van der Waals surface area contributed by atoms with E-state index >= 15 is 0 Å². The monoisotopic (exact) mass is 480 g/mol. The van der Waals surface area contributed by atoms with Gasteiger partial charge in [0.15, 0.2) is 5.96 Å². The summed E-state index contributed by atoms with van der Waals surface area (Å²) in [7, 11) is -1.55. The van der Waals surface area contributed by atoms with E-state index in [-0.39, 0.29) is 24.0 Å². The van der Waals surface area contributed by atoms with Crippen LogP contribution in [-0.2, 0) is 16.6 Å². The smallest absolute Gasteiger partial charge is 0.229 e. The molecule has 0 unspecified atom stereocenters. The lowest BCUT2D eigenvalue weighted by Crippen LogP contribution is -2.46. The maximum absolute atomic E-state index is 11.5. The molecule has 3 N–H and O–H groups in total. The molecule has 1 aliphatic rings. The third kappa shape index (κ3) is 6.65. The molecule has 0 spiro atoms. The van der Waals surface area contributed by atoms with E-state index in [4.69, 9.17) is 0 Å². The first-order valence-corrected chi connectivity index (χ1v) is 10.3. The molecule has 1 aliphatic carbocycles. The largest absolute Gasteiger partial charge is 0.356 e. The van der Waals surface area contributed by atoms with Crippen molar-refractivity contribution in [3.05, 3.63) is 29.8 Å². The highest BCUT2D eigenvalue weighted by atomic mass is 127. The summed E-state index contributed by atoms with van der Waals surface area (Å²) in [5.41, 5.74) is 1.87. The number of benzene rings is 1. The minimum absolute atomic E-state index is 0. The van der Waals surface area contributed by atoms with Crippen molar-refractivity contribution in [3.8, 4) is 0 Å². The molecule has 6 nitrogen and oxygen atoms in total. The molecular weight excluding hydrogens is 451 g/mol. The van der Waals surface area contributed by atoms with Crippen LogP contribution in [0, 0.1) is 5.41 Å². The summed E-state index contributed by atoms with van der Waals surface area (Å²) >= 11 is 0. The van der Waals surface area contributed by atoms with E-state index in [0.29, 0.717) is 17.6 Å². The normalized spacial score (nSPS) is 16.4. The van der Waals surface area contributed by atoms with Crippen LogP contribution in [-0.4, -0.2) is 34.2 Å². The molecule has 142 valence electrons. The number of nitrogens with zero attached hydrogens (tertiary/aromatic N) is 1. The molecule has 1 aromatic rings. The average Bonchev–Trinajstić information content (AvgIpc) is 2.49. The average molecular weight is 480 g/mol. The quantitative estimate of drug-likeness (QED) is 0.319. The Morgan fingerprint density at radius 2 is 1.92 bits per heavy atom. The Balaban J connectivity index is 0.00000312. The zero-order valence-electron chi connectivity index (χ0n) is 15.1. The van der Waals surface area contributed by atoms with E-state index in [1.54, 1.807) is 13.1 Å². The van der Waals surface area contributed by atoms with Gasteiger partial charge in [-0.3, -0.25) is 9.71 Å². The third-order valence-electron chi connectivity index (χ3n) is 4.78. The summed E-state index contributed by atoms with van der Waals surface area (Å²) in [6.45, 7) is 3.66. The molecule has 0 atom stereocenters. The third-order valence-corrected chi connectivity index (χ3v) is 5.37. The van der Waals surface area contributed by atoms with Gasteiger partial charge in [-0.1, -0.05) is 31.5 Å². The van der Waals surface area contributed by atoms with E-state index < -0.39 is 10.0 Å². The van der Waals surface area contributed by atoms with Gasteiger partial charge in [-0.15, -0.1) is 24.0 Å². The topological polar surface area (TPSA) is 82.6 Å². The lowest BCUT2D eigenvalue weighted by Gasteiger charge is -2.41. The summed E-state index contributed by atoms with van der Waals surface area (Å²) in [5.74, 6) is 0.740. The molecule has 1 saturated carbocycles. The van der Waals surface area contributed by atoms with E-state index in [2.05, 4.69) is 27.3 Å². The summed E-state index contributed by atoms with van der Waals surface area (Å²) in [4.78, 5) is 4.26. The van der Waals surface area contributed by atoms with Gasteiger partial charge in [0.1, 0.15) is 0 Å². The van der Waals surface area contributed by atoms with Crippen LogP contribution >= 0.6 is 24.0 Å². The van der Waals surface area contributed by atoms with Gasteiger partial charge in [0.05, 0.1) is 11.9 Å². The van der Waals surface area contributed by atoms with Crippen LogP contribution in [0.25, 0.3) is 0 Å². The second kappa shape index (κ2) is 9.61. The molecule has 0 bridgehead atoms. The minimum Gasteiger partial charge on any atom is -0.356 e. The van der Waals surface area contributed by atoms with Crippen molar-refractivity contribution in [1.82, 2.24) is 10.6 Å². The second-order valence-corrected chi connectivity index (χ2v) is 8.27. The highest BCUT2D eigenvalue weighted by Gasteiger charge is 2.34. The van der Waals surface area contributed by atoms with Crippen LogP contribution < -0.4 is 15.4 Å². The number of guanidine groups is 1. The Kier molecular flexibility index (Phi) is 8.46. The van der Waals surface area contributed by atoms with E-state index in [9.17, 15) is 8.42 Å². The predicted molar refractivity (Wildman–Crippen MR) is 115 cm³/mol. The lowest BCUT2D eigenvalue weighted by atomic mass is 9.67. The van der Waals surface area contributed by atoms with Crippen LogP contribution in [0.3, 0.4) is 0 Å². The molecule has 0 radical (unpaired) electrons. The highest BCUT2D eigenvalue weighted by molar-refractivity contribution is 14.0. The van der Waals surface area contributed by atoms with Gasteiger partial charge >= 0.3 is 0 Å². The number of halogens is 1. The number of hydrogen-bond acceptors (Lipinski definition) is 3. The second-order valence-electron chi connectivity index (χ2n) is 6.52. The van der Waals surface area contributed by atoms with Crippen molar-refractivity contribution in [2.75, 3.05) is 24.6 Å². The summed E-state index contributed by atoms with van der Waals surface area (Å²) < 4.78 is 25.5. The van der Waals surface area contributed by atoms with Crippen LogP contribution in [0.15, 0.2) is 29.3 Å². The number of anilines is 1. The molecule has 1 fully saturated rings. The molecule has 2 rings (SSSR count). The van der Waals surface area contributed by atoms with Gasteiger partial charge in [-0.2, -0.15) is 0 Å². The number of hydrogen-bond donors (Lipinski definition) is 3. The SMILES string of the molecule is CCC1(CNC(=NC)NCc2ccccc2NS(C)(=O)=O)CCC1.I. The molecule has 25 heavy (non-hydrogen) atoms. The fourth-order valence-electron chi connectivity index (χ4n) is 2.98. The Labute approximate surface area is 168 Å². The number of sulfonamides is 1. The molecule has 0 heterocycles. The van der Waals surface area contributed by atoms with Gasteiger partial charge in [-0.05, 0) is 36.3 Å². The Bertz CT molecular complexity index is 682. The molecule has 0 aliphatic heterocycles. The van der Waals surface area contributed by atoms with Crippen LogP contribution in [0.2, 0.25) is 0 Å². The zero-order valence-corrected chi connectivity index (χ0v) is 18.3. The zero-order chi connectivity index (χ0) is 17.6. The Morgan fingerprint density at radius 1 is 1.24 bits per heavy atom. The van der Waals surface area contributed by atoms with Gasteiger partial charge in [-0.25, -0.2) is 8.42 Å². The van der Waals surface area contributed by atoms with Crippen LogP contribution in [0.4, 0.5) is 5.69 Å². The summed E-state index contributed by atoms with van der Waals surface area (Å²) in [6, 6.07) is 7.36. The molecule has 0 saturated heterocycles. The number of nitrogens with one attached hydrogen (secondary N) is 3. The number of rotatable bonds is 7. The molecule has 0 amide bonds. The van der Waals surface area contributed by atoms with Gasteiger partial charge in [0.2, 0.25) is 10.0 Å². The van der Waals surface area contributed by atoms with Gasteiger partial charge < -0.3 is 10.6 Å². The first kappa shape index (κ1) is 22.0. The highest BCUT2D eigenvalue weighted by Crippen LogP contribution is 2.42. The minimum atomic E-state index is -3.30. The summed E-state index contributed by atoms with van der Waals surface area (Å²) in [5, 5.41) is 6.66. The lowest BCUT2D eigenvalue weighted by molar-refractivity contribution is 0.131. The summed E-state index contributed by atoms with van der Waals surface area (Å²) in [6.07, 6.45) is 6.19. The van der Waals surface area contributed by atoms with Crippen molar-refractivity contribution in [2.45, 2.75) is 39.2 Å². The number of aliphatic imine (C=N–C) groups is 1. The Hall–Kier alpha value is -1.03. The number of para-hydroxylation sites is 1. The van der Waals surface area contributed by atoms with Crippen molar-refractivity contribution >= 4 is 45.6 Å². The van der Waals surface area contributed by atoms with E-state index in [1.165, 1.54) is 25.7 Å². The van der Waals surface area contributed by atoms with Crippen LogP contribution in [0.1, 0.15) is 38.2 Å². The first-order valence-electron chi connectivity index (χ1n) is 8.38. The molecule has 1 aromatic carbocycles. The van der Waals surface area contributed by atoms with Crippen molar-refractivity contribution < 1.29 is 8.42 Å². The fourth-order valence-corrected chi connectivity index (χ4v) is 3.58. The predicted octanol–water partition coefficient (Wildman–Crippen LogP) is 2.92. The fraction of sp³-hybridized carbons (Fsp3) is 0.588. The van der Waals surface area contributed by atoms with Gasteiger partial charge in [0, 0.05) is 20.1 Å². The standard InChI is InChI=1S/C17H28N4O2S.HI/c1-4-17(10-7-11-17)13-20-16(18-2)19-12-14-8-5-6-9-15(14)21-24(3,22)23;/h5-6,8-9,21H,4,7,10-13H2,1-3H3,(H2,18,19,20);1H. The molecule has 0 aromatic heterocycles.